The molecule has 0 aliphatic heterocycles. The summed E-state index contributed by atoms with van der Waals surface area (Å²) in [5.74, 6) is 0. The topological polar surface area (TPSA) is 0 Å². The summed E-state index contributed by atoms with van der Waals surface area (Å²) in [5.41, 5.74) is 0. The van der Waals surface area contributed by atoms with Crippen LogP contribution in [0.4, 0.5) is 0 Å². The van der Waals surface area contributed by atoms with Crippen molar-refractivity contribution in [3.63, 3.8) is 0 Å². The predicted molar refractivity (Wildman–Crippen MR) is 26.5 cm³/mol. The van der Waals surface area contributed by atoms with Crippen molar-refractivity contribution >= 4 is 91.8 Å². The minimum Gasteiger partial charge on any atom is 0 e. The van der Waals surface area contributed by atoms with Crippen LogP contribution < -0.4 is 0 Å². The fraction of sp³-hybridized carbons (Fsp3) is 0. The Hall–Kier alpha value is 3.58. The Labute approximate surface area is 111 Å². The van der Waals surface area contributed by atoms with Crippen LogP contribution in [-0.4, -0.2) is 91.8 Å². The Balaban J connectivity index is 0. The third kappa shape index (κ3) is 9.14. The summed E-state index contributed by atoms with van der Waals surface area (Å²) >= 11 is 0. The Morgan fingerprint density at radius 2 is 1.25 bits per heavy atom. The van der Waals surface area contributed by atoms with E-state index in [-0.39, 0.29) is 114 Å². The molecule has 0 radical (unpaired) electrons. The molecule has 0 rings (SSSR count). The second-order valence-electron chi connectivity index (χ2n) is 0. The summed E-state index contributed by atoms with van der Waals surface area (Å²) in [7, 11) is 0. The van der Waals surface area contributed by atoms with Gasteiger partial charge in [-0.15, -0.1) is 0 Å². The maximum Gasteiger partial charge on any atom is 0 e. The van der Waals surface area contributed by atoms with Crippen molar-refractivity contribution in [1.29, 1.82) is 0 Å². The van der Waals surface area contributed by atoms with Gasteiger partial charge in [-0.3, -0.25) is 0 Å². The zero-order valence-corrected chi connectivity index (χ0v) is 11.4. The normalized spacial score (nSPS) is 0. The fourth-order valence-electron chi connectivity index (χ4n) is 0. The van der Waals surface area contributed by atoms with Gasteiger partial charge >= 0.3 is 91.8 Å². The summed E-state index contributed by atoms with van der Waals surface area (Å²) in [6, 6.07) is 0. The molecule has 0 aromatic carbocycles. The van der Waals surface area contributed by atoms with E-state index in [0.29, 0.717) is 0 Å². The van der Waals surface area contributed by atoms with E-state index < -0.39 is 0 Å². The number of rotatable bonds is 0. The van der Waals surface area contributed by atoms with E-state index in [4.69, 9.17) is 0 Å². The molecule has 0 aromatic heterocycles. The fourth-order valence-corrected chi connectivity index (χ4v) is 0. The van der Waals surface area contributed by atoms with Crippen LogP contribution in [0.3, 0.4) is 0 Å². The molecule has 0 unspecified atom stereocenters. The van der Waals surface area contributed by atoms with Gasteiger partial charge in [0.15, 0.2) is 0 Å². The van der Waals surface area contributed by atoms with Gasteiger partial charge in [0.25, 0.3) is 0 Å². The van der Waals surface area contributed by atoms with E-state index in [1.165, 1.54) is 0 Å². The van der Waals surface area contributed by atoms with E-state index in [9.17, 15) is 0 Å². The number of hydrogen-bond donors (Lipinski definition) is 0. The second-order valence-corrected chi connectivity index (χ2v) is 0. The molecule has 0 nitrogen and oxygen atoms in total. The van der Waals surface area contributed by atoms with Crippen LogP contribution in [0.1, 0.15) is 2.85 Å². The van der Waals surface area contributed by atoms with Crippen LogP contribution >= 0.6 is 0 Å². The smallest absolute Gasteiger partial charge is 0 e. The van der Waals surface area contributed by atoms with Crippen molar-refractivity contribution < 1.29 is 22.3 Å². The van der Waals surface area contributed by atoms with Crippen molar-refractivity contribution in [2.24, 2.45) is 0 Å². The largest absolute Gasteiger partial charge is 0 e. The summed E-state index contributed by atoms with van der Waals surface area (Å²) in [6.45, 7) is 0. The zero-order chi connectivity index (χ0) is 0. The molecular formula is H7BaInSeZn. The minimum atomic E-state index is 0. The van der Waals surface area contributed by atoms with Crippen molar-refractivity contribution in [2.45, 2.75) is 0 Å². The molecule has 0 N–H and O–H groups in total. The van der Waals surface area contributed by atoms with Crippen LogP contribution in [0.5, 0.6) is 0 Å². The molecule has 0 aliphatic rings. The van der Waals surface area contributed by atoms with Gasteiger partial charge in [-0.1, -0.05) is 0 Å². The molecule has 0 aromatic rings. The van der Waals surface area contributed by atoms with Crippen LogP contribution in [0, 0.1) is 0 Å². The first kappa shape index (κ1) is 25.6. The summed E-state index contributed by atoms with van der Waals surface area (Å²) < 4.78 is 0. The van der Waals surface area contributed by atoms with Crippen molar-refractivity contribution in [3.8, 4) is 0 Å². The quantitative estimate of drug-likeness (QED) is 0.401. The van der Waals surface area contributed by atoms with Crippen molar-refractivity contribution in [2.75, 3.05) is 0 Å². The molecule has 0 heterocycles. The van der Waals surface area contributed by atoms with E-state index in [0.717, 1.165) is 0 Å². The zero-order valence-electron chi connectivity index (χ0n) is 3.91. The molecule has 0 aliphatic carbocycles. The monoisotopic (exact) mass is 404 g/mol. The second kappa shape index (κ2) is 16.0. The van der Waals surface area contributed by atoms with Crippen LogP contribution in [0.25, 0.3) is 0 Å². The van der Waals surface area contributed by atoms with E-state index in [2.05, 4.69) is 0 Å². The summed E-state index contributed by atoms with van der Waals surface area (Å²) in [6.07, 6.45) is 0. The van der Waals surface area contributed by atoms with Gasteiger partial charge in [0.1, 0.15) is 0 Å². The van der Waals surface area contributed by atoms with Gasteiger partial charge in [0.05, 0.1) is 0 Å². The maximum atomic E-state index is 0. The van der Waals surface area contributed by atoms with Gasteiger partial charge in [0.2, 0.25) is 0 Å². The average molecular weight is 404 g/mol. The molecule has 0 atom stereocenters. The van der Waals surface area contributed by atoms with Crippen molar-refractivity contribution in [3.05, 3.63) is 0 Å². The van der Waals surface area contributed by atoms with Gasteiger partial charge in [-0.25, -0.2) is 0 Å². The third-order valence-corrected chi connectivity index (χ3v) is 0. The van der Waals surface area contributed by atoms with Crippen molar-refractivity contribution in [1.82, 2.24) is 0 Å². The Morgan fingerprint density at radius 1 is 1.25 bits per heavy atom. The first-order valence-electron chi connectivity index (χ1n) is 0. The molecule has 0 saturated heterocycles. The van der Waals surface area contributed by atoms with Crippen LogP contribution in [0.2, 0.25) is 0 Å². The first-order chi connectivity index (χ1) is 0. The molecule has 0 fully saturated rings. The van der Waals surface area contributed by atoms with E-state index in [1.54, 1.807) is 0 Å². The minimum absolute atomic E-state index is 0. The van der Waals surface area contributed by atoms with Gasteiger partial charge in [0, 0.05) is 19.5 Å². The maximum absolute atomic E-state index is 0. The van der Waals surface area contributed by atoms with Crippen LogP contribution in [-0.2, 0) is 19.5 Å². The molecule has 4 heteroatoms. The molecule has 0 spiro atoms. The van der Waals surface area contributed by atoms with Gasteiger partial charge in [-0.2, -0.15) is 0 Å². The SMILES string of the molecule is [Ba+2].[H-].[H-].[InH3].[SeH2].[Zn]. The van der Waals surface area contributed by atoms with Crippen LogP contribution in [0.15, 0.2) is 0 Å². The van der Waals surface area contributed by atoms with E-state index >= 15 is 0 Å². The third-order valence-electron chi connectivity index (χ3n) is 0. The van der Waals surface area contributed by atoms with Gasteiger partial charge in [-0.05, 0) is 0 Å². The molecule has 4 heavy (non-hydrogen) atoms. The molecule has 0 saturated carbocycles. The molecular weight excluding hydrogens is 396 g/mol. The summed E-state index contributed by atoms with van der Waals surface area (Å²) in [5, 5.41) is 0. The Bertz CT molecular complexity index is 13.5. The summed E-state index contributed by atoms with van der Waals surface area (Å²) in [4.78, 5) is 0. The number of hydrogen-bond acceptors (Lipinski definition) is 0. The Morgan fingerprint density at radius 3 is 1.25 bits per heavy atom. The molecule has 0 amide bonds. The average Bonchev–Trinajstić information content (AvgIpc) is 0. The first-order valence-corrected chi connectivity index (χ1v) is 0. The van der Waals surface area contributed by atoms with Gasteiger partial charge < -0.3 is 2.85 Å². The Kier molecular flexibility index (Phi) is 102. The predicted octanol–water partition coefficient (Wildman–Crippen LogP) is -2.26. The molecule has 0 bridgehead atoms. The van der Waals surface area contributed by atoms with E-state index in [1.807, 2.05) is 0 Å². The molecule has 20 valence electrons. The standard InChI is InChI=1S/Ba.In.H2Se.Zn.5H/h;;1H2;;;;;;/q+2;;;;;;;2*-1.